The fourth-order valence-electron chi connectivity index (χ4n) is 1.45. The number of rotatable bonds is 5. The molecule has 2 rings (SSSR count). The molecule has 0 aliphatic rings. The third-order valence-corrected chi connectivity index (χ3v) is 2.26. The molecule has 86 valence electrons. The third kappa shape index (κ3) is 2.89. The van der Waals surface area contributed by atoms with Gasteiger partial charge in [0.1, 0.15) is 0 Å². The normalized spacial score (nSPS) is 10.1. The zero-order valence-electron chi connectivity index (χ0n) is 9.37. The Hall–Kier alpha value is -2.19. The van der Waals surface area contributed by atoms with Gasteiger partial charge in [0, 0.05) is 13.0 Å². The Balaban J connectivity index is 2.05. The zero-order chi connectivity index (χ0) is 11.9. The third-order valence-electron chi connectivity index (χ3n) is 2.26. The fraction of sp³-hybridized carbons (Fsp3) is 0.250. The van der Waals surface area contributed by atoms with Crippen molar-refractivity contribution in [1.29, 1.82) is 0 Å². The molecule has 5 heteroatoms. The summed E-state index contributed by atoms with van der Waals surface area (Å²) in [7, 11) is 0. The molecule has 0 radical (unpaired) electrons. The minimum absolute atomic E-state index is 0.601. The molecular formula is C12H13N5. The molecule has 0 fully saturated rings. The molecule has 0 atom stereocenters. The Morgan fingerprint density at radius 2 is 2.12 bits per heavy atom. The highest BCUT2D eigenvalue weighted by molar-refractivity contribution is 5.30. The van der Waals surface area contributed by atoms with E-state index in [4.69, 9.17) is 6.42 Å². The van der Waals surface area contributed by atoms with Gasteiger partial charge in [-0.2, -0.15) is 4.68 Å². The largest absolute Gasteiger partial charge is 0.309 e. The number of tetrazole rings is 1. The van der Waals surface area contributed by atoms with Crippen molar-refractivity contribution in [3.05, 3.63) is 36.2 Å². The highest BCUT2D eigenvalue weighted by Gasteiger charge is 2.06. The molecule has 1 aromatic carbocycles. The van der Waals surface area contributed by atoms with Crippen LogP contribution in [0.1, 0.15) is 12.2 Å². The predicted molar refractivity (Wildman–Crippen MR) is 64.3 cm³/mol. The van der Waals surface area contributed by atoms with Crippen LogP contribution in [0.25, 0.3) is 5.69 Å². The first-order valence-corrected chi connectivity index (χ1v) is 5.38. The van der Waals surface area contributed by atoms with Crippen LogP contribution in [-0.4, -0.2) is 26.8 Å². The molecular weight excluding hydrogens is 214 g/mol. The maximum Gasteiger partial charge on any atom is 0.170 e. The van der Waals surface area contributed by atoms with Gasteiger partial charge in [-0.15, -0.1) is 17.4 Å². The summed E-state index contributed by atoms with van der Waals surface area (Å²) >= 11 is 0. The van der Waals surface area contributed by atoms with Crippen LogP contribution in [0.15, 0.2) is 30.3 Å². The lowest BCUT2D eigenvalue weighted by Gasteiger charge is -2.04. The summed E-state index contributed by atoms with van der Waals surface area (Å²) < 4.78 is 1.71. The molecule has 0 spiro atoms. The second-order valence-corrected chi connectivity index (χ2v) is 3.47. The molecule has 0 saturated heterocycles. The van der Waals surface area contributed by atoms with Crippen LogP contribution in [0.4, 0.5) is 0 Å². The van der Waals surface area contributed by atoms with Crippen molar-refractivity contribution in [3.8, 4) is 18.0 Å². The van der Waals surface area contributed by atoms with Crippen molar-refractivity contribution >= 4 is 0 Å². The van der Waals surface area contributed by atoms with Gasteiger partial charge in [0.25, 0.3) is 0 Å². The molecule has 5 nitrogen and oxygen atoms in total. The van der Waals surface area contributed by atoms with E-state index in [1.165, 1.54) is 0 Å². The molecule has 0 saturated carbocycles. The van der Waals surface area contributed by atoms with Gasteiger partial charge in [-0.25, -0.2) is 0 Å². The van der Waals surface area contributed by atoms with Crippen molar-refractivity contribution < 1.29 is 0 Å². The van der Waals surface area contributed by atoms with E-state index >= 15 is 0 Å². The first-order chi connectivity index (χ1) is 8.42. The first kappa shape index (κ1) is 11.3. The van der Waals surface area contributed by atoms with E-state index in [9.17, 15) is 0 Å². The molecule has 0 aliphatic heterocycles. The molecule has 0 unspecified atom stereocenters. The summed E-state index contributed by atoms with van der Waals surface area (Å²) in [5.41, 5.74) is 0.950. The first-order valence-electron chi connectivity index (χ1n) is 5.38. The number of terminal acetylenes is 1. The second kappa shape index (κ2) is 5.77. The molecule has 0 aliphatic carbocycles. The maximum atomic E-state index is 5.17. The van der Waals surface area contributed by atoms with Gasteiger partial charge in [0.05, 0.1) is 12.2 Å². The number of benzene rings is 1. The van der Waals surface area contributed by atoms with Crippen LogP contribution in [0.2, 0.25) is 0 Å². The lowest BCUT2D eigenvalue weighted by atomic mass is 10.3. The summed E-state index contributed by atoms with van der Waals surface area (Å²) in [5.74, 6) is 3.34. The lowest BCUT2D eigenvalue weighted by Crippen LogP contribution is -2.17. The average Bonchev–Trinajstić information content (AvgIpc) is 2.84. The average molecular weight is 227 g/mol. The van der Waals surface area contributed by atoms with E-state index in [-0.39, 0.29) is 0 Å². The minimum atomic E-state index is 0.601. The molecule has 0 bridgehead atoms. The van der Waals surface area contributed by atoms with Crippen LogP contribution in [0.3, 0.4) is 0 Å². The van der Waals surface area contributed by atoms with E-state index in [2.05, 4.69) is 26.8 Å². The standard InChI is InChI=1S/C12H13N5/c1-2-3-9-13-10-12-14-15-16-17(12)11-7-5-4-6-8-11/h1,4-8,13H,3,9-10H2. The van der Waals surface area contributed by atoms with Gasteiger partial charge in [-0.1, -0.05) is 18.2 Å². The van der Waals surface area contributed by atoms with E-state index in [0.29, 0.717) is 13.0 Å². The second-order valence-electron chi connectivity index (χ2n) is 3.47. The Kier molecular flexibility index (Phi) is 3.84. The van der Waals surface area contributed by atoms with E-state index in [1.807, 2.05) is 30.3 Å². The SMILES string of the molecule is C#CCCNCc1nnnn1-c1ccccc1. The van der Waals surface area contributed by atoms with Crippen molar-refractivity contribution in [2.75, 3.05) is 6.54 Å². The summed E-state index contributed by atoms with van der Waals surface area (Å²) in [5, 5.41) is 14.8. The zero-order valence-corrected chi connectivity index (χ0v) is 9.37. The minimum Gasteiger partial charge on any atom is -0.309 e. The van der Waals surface area contributed by atoms with Gasteiger partial charge < -0.3 is 5.32 Å². The lowest BCUT2D eigenvalue weighted by molar-refractivity contribution is 0.649. The van der Waals surface area contributed by atoms with Gasteiger partial charge in [0.15, 0.2) is 5.82 Å². The van der Waals surface area contributed by atoms with Gasteiger partial charge in [0.2, 0.25) is 0 Å². The van der Waals surface area contributed by atoms with Gasteiger partial charge >= 0.3 is 0 Å². The Morgan fingerprint density at radius 1 is 1.29 bits per heavy atom. The van der Waals surface area contributed by atoms with Gasteiger partial charge in [-0.05, 0) is 22.6 Å². The highest BCUT2D eigenvalue weighted by atomic mass is 15.5. The number of aromatic nitrogens is 4. The van der Waals surface area contributed by atoms with Crippen molar-refractivity contribution in [2.24, 2.45) is 0 Å². The quantitative estimate of drug-likeness (QED) is 0.605. The number of nitrogens with zero attached hydrogens (tertiary/aromatic N) is 4. The van der Waals surface area contributed by atoms with Crippen LogP contribution >= 0.6 is 0 Å². The highest BCUT2D eigenvalue weighted by Crippen LogP contribution is 2.06. The topological polar surface area (TPSA) is 55.6 Å². The van der Waals surface area contributed by atoms with Crippen molar-refractivity contribution in [2.45, 2.75) is 13.0 Å². The summed E-state index contributed by atoms with van der Waals surface area (Å²) in [6, 6.07) is 9.78. The summed E-state index contributed by atoms with van der Waals surface area (Å²) in [6.45, 7) is 1.36. The number of para-hydroxylation sites is 1. The molecule has 1 aromatic heterocycles. The molecule has 0 amide bonds. The maximum absolute atomic E-state index is 5.17. The molecule has 2 aromatic rings. The van der Waals surface area contributed by atoms with E-state index in [1.54, 1.807) is 4.68 Å². The number of hydrogen-bond donors (Lipinski definition) is 1. The molecule has 1 N–H and O–H groups in total. The van der Waals surface area contributed by atoms with E-state index < -0.39 is 0 Å². The summed E-state index contributed by atoms with van der Waals surface area (Å²) in [6.07, 6.45) is 5.87. The Morgan fingerprint density at radius 3 is 2.88 bits per heavy atom. The predicted octanol–water partition coefficient (Wildman–Crippen LogP) is 0.775. The van der Waals surface area contributed by atoms with E-state index in [0.717, 1.165) is 18.1 Å². The van der Waals surface area contributed by atoms with Crippen LogP contribution < -0.4 is 5.32 Å². The van der Waals surface area contributed by atoms with Crippen molar-refractivity contribution in [1.82, 2.24) is 25.5 Å². The monoisotopic (exact) mass is 227 g/mol. The van der Waals surface area contributed by atoms with Crippen LogP contribution in [-0.2, 0) is 6.54 Å². The fourth-order valence-corrected chi connectivity index (χ4v) is 1.45. The van der Waals surface area contributed by atoms with Gasteiger partial charge in [-0.3, -0.25) is 0 Å². The summed E-state index contributed by atoms with van der Waals surface area (Å²) in [4.78, 5) is 0. The smallest absolute Gasteiger partial charge is 0.170 e. The Bertz CT molecular complexity index is 497. The molecule has 1 heterocycles. The molecule has 17 heavy (non-hydrogen) atoms. The van der Waals surface area contributed by atoms with Crippen molar-refractivity contribution in [3.63, 3.8) is 0 Å². The number of hydrogen-bond acceptors (Lipinski definition) is 4. The Labute approximate surface area is 99.8 Å². The number of nitrogens with one attached hydrogen (secondary N) is 1. The van der Waals surface area contributed by atoms with Crippen LogP contribution in [0, 0.1) is 12.3 Å². The van der Waals surface area contributed by atoms with Crippen LogP contribution in [0.5, 0.6) is 0 Å².